The molecule has 2 aromatic heterocycles. The molecular weight excluding hydrogens is 382 g/mol. The summed E-state index contributed by atoms with van der Waals surface area (Å²) in [4.78, 5) is 43.1. The highest BCUT2D eigenvalue weighted by molar-refractivity contribution is 6.03. The van der Waals surface area contributed by atoms with Crippen LogP contribution >= 0.6 is 0 Å². The molecule has 1 aliphatic rings. The molecular formula is C22H27N5O3. The number of fused-ring (bicyclic) bond motifs is 1. The molecule has 0 spiro atoms. The maximum atomic E-state index is 13.1. The average molecular weight is 409 g/mol. The Balaban J connectivity index is 1.52. The van der Waals surface area contributed by atoms with Gasteiger partial charge in [0.15, 0.2) is 5.78 Å². The first kappa shape index (κ1) is 20.2. The number of nitrogens with zero attached hydrogens (tertiary/aromatic N) is 3. The first-order valence-corrected chi connectivity index (χ1v) is 10.2. The van der Waals surface area contributed by atoms with Crippen LogP contribution in [0.3, 0.4) is 0 Å². The van der Waals surface area contributed by atoms with Crippen molar-refractivity contribution in [2.45, 2.75) is 31.7 Å². The number of nitrogens with two attached hydrogens (primary N) is 1. The van der Waals surface area contributed by atoms with Crippen molar-refractivity contribution in [1.82, 2.24) is 19.0 Å². The predicted octanol–water partition coefficient (Wildman–Crippen LogP) is 1.60. The number of H-pyrrole nitrogens is 1. The van der Waals surface area contributed by atoms with E-state index in [1.54, 1.807) is 6.92 Å². The molecule has 0 bridgehead atoms. The lowest BCUT2D eigenvalue weighted by Gasteiger charge is -2.35. The van der Waals surface area contributed by atoms with Crippen LogP contribution in [0.25, 0.3) is 10.9 Å². The minimum absolute atomic E-state index is 0.0753. The van der Waals surface area contributed by atoms with E-state index in [1.807, 2.05) is 12.1 Å². The van der Waals surface area contributed by atoms with Crippen molar-refractivity contribution >= 4 is 22.5 Å². The van der Waals surface area contributed by atoms with Crippen molar-refractivity contribution in [3.8, 4) is 0 Å². The van der Waals surface area contributed by atoms with Crippen LogP contribution in [-0.4, -0.2) is 43.9 Å². The van der Waals surface area contributed by atoms with E-state index in [0.29, 0.717) is 5.92 Å². The minimum atomic E-state index is -0.638. The van der Waals surface area contributed by atoms with E-state index in [4.69, 9.17) is 5.73 Å². The number of aromatic nitrogens is 3. The van der Waals surface area contributed by atoms with Crippen LogP contribution in [0, 0.1) is 0 Å². The number of likely N-dealkylation sites (tertiary alicyclic amines) is 1. The molecule has 30 heavy (non-hydrogen) atoms. The van der Waals surface area contributed by atoms with Crippen LogP contribution in [0.1, 0.15) is 41.6 Å². The summed E-state index contributed by atoms with van der Waals surface area (Å²) in [6.45, 7) is 3.31. The second-order valence-electron chi connectivity index (χ2n) is 8.11. The first-order valence-electron chi connectivity index (χ1n) is 10.2. The highest BCUT2D eigenvalue weighted by Crippen LogP contribution is 2.33. The lowest BCUT2D eigenvalue weighted by Crippen LogP contribution is -2.48. The standard InChI is InChI=1S/C22H27N5O3/c1-13(19(28)18-20(23)25(2)22(30)26(3)21(18)29)27-10-8-14(9-11-27)16-12-24-17-7-5-4-6-15(16)17/h4-7,12-14,24H,8-11,23H2,1-3H3/t13-/m1/s1. The molecule has 158 valence electrons. The van der Waals surface area contributed by atoms with Gasteiger partial charge in [0.2, 0.25) is 0 Å². The second kappa shape index (κ2) is 7.60. The van der Waals surface area contributed by atoms with Gasteiger partial charge in [0, 0.05) is 31.2 Å². The van der Waals surface area contributed by atoms with Crippen molar-refractivity contribution in [2.24, 2.45) is 14.1 Å². The molecule has 0 saturated carbocycles. The van der Waals surface area contributed by atoms with Gasteiger partial charge in [-0.05, 0) is 50.4 Å². The monoisotopic (exact) mass is 409 g/mol. The zero-order chi connectivity index (χ0) is 21.6. The quantitative estimate of drug-likeness (QED) is 0.637. The fraction of sp³-hybridized carbons (Fsp3) is 0.409. The molecule has 0 aliphatic carbocycles. The number of nitrogens with one attached hydrogen (secondary N) is 1. The molecule has 1 aromatic carbocycles. The van der Waals surface area contributed by atoms with Crippen molar-refractivity contribution in [3.63, 3.8) is 0 Å². The first-order chi connectivity index (χ1) is 14.3. The summed E-state index contributed by atoms with van der Waals surface area (Å²) >= 11 is 0. The zero-order valence-electron chi connectivity index (χ0n) is 17.5. The Kier molecular flexibility index (Phi) is 5.11. The highest BCUT2D eigenvalue weighted by atomic mass is 16.2. The van der Waals surface area contributed by atoms with E-state index in [2.05, 4.69) is 28.2 Å². The van der Waals surface area contributed by atoms with Gasteiger partial charge in [0.1, 0.15) is 11.4 Å². The molecule has 4 rings (SSSR count). The molecule has 3 N–H and O–H groups in total. The largest absolute Gasteiger partial charge is 0.384 e. The molecule has 3 heterocycles. The van der Waals surface area contributed by atoms with Gasteiger partial charge in [-0.25, -0.2) is 4.79 Å². The van der Waals surface area contributed by atoms with Crippen molar-refractivity contribution in [1.29, 1.82) is 0 Å². The summed E-state index contributed by atoms with van der Waals surface area (Å²) in [7, 11) is 2.82. The Hall–Kier alpha value is -3.13. The summed E-state index contributed by atoms with van der Waals surface area (Å²) in [5.74, 6) is 0.0121. The van der Waals surface area contributed by atoms with Gasteiger partial charge in [0.05, 0.1) is 6.04 Å². The number of nitrogen functional groups attached to an aromatic ring is 1. The number of rotatable bonds is 4. The summed E-state index contributed by atoms with van der Waals surface area (Å²) in [6.07, 6.45) is 3.95. The van der Waals surface area contributed by atoms with E-state index in [0.717, 1.165) is 40.6 Å². The maximum Gasteiger partial charge on any atom is 0.332 e. The molecule has 1 saturated heterocycles. The third kappa shape index (κ3) is 3.17. The van der Waals surface area contributed by atoms with Crippen LogP contribution in [0.4, 0.5) is 5.82 Å². The molecule has 0 unspecified atom stereocenters. The Morgan fingerprint density at radius 2 is 1.80 bits per heavy atom. The predicted molar refractivity (Wildman–Crippen MR) is 117 cm³/mol. The Bertz CT molecular complexity index is 1230. The smallest absolute Gasteiger partial charge is 0.332 e. The van der Waals surface area contributed by atoms with Gasteiger partial charge in [-0.1, -0.05) is 18.2 Å². The van der Waals surface area contributed by atoms with Crippen molar-refractivity contribution < 1.29 is 4.79 Å². The Morgan fingerprint density at radius 3 is 2.50 bits per heavy atom. The van der Waals surface area contributed by atoms with Crippen LogP contribution in [0.15, 0.2) is 40.1 Å². The number of piperidine rings is 1. The van der Waals surface area contributed by atoms with E-state index in [-0.39, 0.29) is 17.2 Å². The fourth-order valence-corrected chi connectivity index (χ4v) is 4.50. The van der Waals surface area contributed by atoms with Crippen LogP contribution in [0.5, 0.6) is 0 Å². The minimum Gasteiger partial charge on any atom is -0.384 e. The maximum absolute atomic E-state index is 13.1. The van der Waals surface area contributed by atoms with E-state index < -0.39 is 17.3 Å². The van der Waals surface area contributed by atoms with E-state index in [1.165, 1.54) is 25.0 Å². The number of carbonyl (C=O) groups is 1. The highest BCUT2D eigenvalue weighted by Gasteiger charge is 2.31. The molecule has 1 atom stereocenters. The Labute approximate surface area is 173 Å². The van der Waals surface area contributed by atoms with Crippen LogP contribution in [0.2, 0.25) is 0 Å². The number of ketones is 1. The van der Waals surface area contributed by atoms with Crippen LogP contribution in [-0.2, 0) is 14.1 Å². The fourth-order valence-electron chi connectivity index (χ4n) is 4.50. The molecule has 8 heteroatoms. The normalized spacial score (nSPS) is 16.8. The molecule has 0 radical (unpaired) electrons. The lowest BCUT2D eigenvalue weighted by atomic mass is 9.88. The van der Waals surface area contributed by atoms with Gasteiger partial charge < -0.3 is 10.7 Å². The van der Waals surface area contributed by atoms with Gasteiger partial charge >= 0.3 is 5.69 Å². The summed E-state index contributed by atoms with van der Waals surface area (Å²) < 4.78 is 2.07. The average Bonchev–Trinajstić information content (AvgIpc) is 3.20. The number of aromatic amines is 1. The lowest BCUT2D eigenvalue weighted by molar-refractivity contribution is 0.0795. The molecule has 1 fully saturated rings. The SMILES string of the molecule is C[C@H](C(=O)c1c(N)n(C)c(=O)n(C)c1=O)N1CCC(c2c[nH]c3ccccc23)CC1. The third-order valence-electron chi connectivity index (χ3n) is 6.47. The second-order valence-corrected chi connectivity index (χ2v) is 8.11. The number of carbonyl (C=O) groups excluding carboxylic acids is 1. The Morgan fingerprint density at radius 1 is 1.13 bits per heavy atom. The topological polar surface area (TPSA) is 106 Å². The number of anilines is 1. The zero-order valence-corrected chi connectivity index (χ0v) is 17.5. The van der Waals surface area contributed by atoms with Crippen molar-refractivity contribution in [2.75, 3.05) is 18.8 Å². The molecule has 3 aromatic rings. The number of hydrogen-bond donors (Lipinski definition) is 2. The van der Waals surface area contributed by atoms with Gasteiger partial charge in [0.25, 0.3) is 5.56 Å². The number of hydrogen-bond acceptors (Lipinski definition) is 5. The van der Waals surface area contributed by atoms with Gasteiger partial charge in [-0.3, -0.25) is 23.6 Å². The summed E-state index contributed by atoms with van der Waals surface area (Å²) in [6, 6.07) is 7.80. The van der Waals surface area contributed by atoms with E-state index in [9.17, 15) is 14.4 Å². The van der Waals surface area contributed by atoms with Gasteiger partial charge in [-0.2, -0.15) is 0 Å². The molecule has 1 aliphatic heterocycles. The third-order valence-corrected chi connectivity index (χ3v) is 6.47. The molecule has 8 nitrogen and oxygen atoms in total. The van der Waals surface area contributed by atoms with Gasteiger partial charge in [-0.15, -0.1) is 0 Å². The van der Waals surface area contributed by atoms with Crippen LogP contribution < -0.4 is 17.0 Å². The summed E-state index contributed by atoms with van der Waals surface area (Å²) in [5, 5.41) is 1.25. The van der Waals surface area contributed by atoms with E-state index >= 15 is 0 Å². The molecule has 0 amide bonds. The number of Topliss-reactive ketones (excluding diaryl/α,β-unsaturated/α-hetero) is 1. The number of benzene rings is 1. The number of para-hydroxylation sites is 1. The summed E-state index contributed by atoms with van der Waals surface area (Å²) in [5.41, 5.74) is 7.14. The van der Waals surface area contributed by atoms with Crippen molar-refractivity contribution in [3.05, 3.63) is 62.4 Å².